The molecule has 84 valence electrons. The quantitative estimate of drug-likeness (QED) is 0.759. The predicted octanol–water partition coefficient (Wildman–Crippen LogP) is 1.70. The van der Waals surface area contributed by atoms with Crippen LogP contribution in [0.2, 0.25) is 5.02 Å². The van der Waals surface area contributed by atoms with Crippen LogP contribution in [0.4, 0.5) is 0 Å². The third-order valence-corrected chi connectivity index (χ3v) is 2.73. The maximum Gasteiger partial charge on any atom is 0.219 e. The smallest absolute Gasteiger partial charge is 0.219 e. The fourth-order valence-corrected chi connectivity index (χ4v) is 1.92. The van der Waals surface area contributed by atoms with Crippen molar-refractivity contribution in [2.45, 2.75) is 12.5 Å². The highest BCUT2D eigenvalue weighted by atomic mass is 35.5. The zero-order valence-electron chi connectivity index (χ0n) is 8.53. The molecule has 5 N–H and O–H groups in total. The first-order chi connectivity index (χ1) is 7.58. The van der Waals surface area contributed by atoms with Gasteiger partial charge in [-0.3, -0.25) is 4.79 Å². The minimum absolute atomic E-state index is 0.124. The third kappa shape index (κ3) is 2.03. The molecule has 1 aromatic carbocycles. The minimum Gasteiger partial charge on any atom is -0.370 e. The standard InChI is InChI=1S/C11H12ClN3O/c12-6-1-2-10-7(3-6)8(5-15-10)9(13)4-11(14)16/h1-3,5,9,15H,4,13H2,(H2,14,16). The fourth-order valence-electron chi connectivity index (χ4n) is 1.75. The van der Waals surface area contributed by atoms with Crippen molar-refractivity contribution in [2.75, 3.05) is 0 Å². The lowest BCUT2D eigenvalue weighted by atomic mass is 10.0. The molecular weight excluding hydrogens is 226 g/mol. The molecule has 0 fully saturated rings. The fraction of sp³-hybridized carbons (Fsp3) is 0.182. The molecule has 0 radical (unpaired) electrons. The molecule has 0 saturated heterocycles. The second kappa shape index (κ2) is 4.15. The molecule has 5 heteroatoms. The summed E-state index contributed by atoms with van der Waals surface area (Å²) >= 11 is 5.91. The van der Waals surface area contributed by atoms with Crippen LogP contribution >= 0.6 is 11.6 Å². The number of rotatable bonds is 3. The number of halogens is 1. The maximum atomic E-state index is 10.8. The van der Waals surface area contributed by atoms with Gasteiger partial charge in [-0.1, -0.05) is 11.6 Å². The SMILES string of the molecule is NC(=O)CC(N)c1c[nH]c2ccc(Cl)cc12. The molecule has 1 aromatic heterocycles. The Morgan fingerprint density at radius 2 is 2.25 bits per heavy atom. The summed E-state index contributed by atoms with van der Waals surface area (Å²) in [6.07, 6.45) is 1.91. The number of nitrogens with one attached hydrogen (secondary N) is 1. The van der Waals surface area contributed by atoms with E-state index in [1.165, 1.54) is 0 Å². The topological polar surface area (TPSA) is 84.9 Å². The third-order valence-electron chi connectivity index (χ3n) is 2.50. The Labute approximate surface area is 97.6 Å². The zero-order valence-corrected chi connectivity index (χ0v) is 9.29. The molecule has 0 bridgehead atoms. The minimum atomic E-state index is -0.413. The van der Waals surface area contributed by atoms with E-state index in [4.69, 9.17) is 23.1 Å². The normalized spacial score (nSPS) is 12.9. The molecule has 1 atom stereocenters. The summed E-state index contributed by atoms with van der Waals surface area (Å²) in [7, 11) is 0. The highest BCUT2D eigenvalue weighted by Crippen LogP contribution is 2.26. The number of primary amides is 1. The highest BCUT2D eigenvalue weighted by molar-refractivity contribution is 6.31. The number of hydrogen-bond acceptors (Lipinski definition) is 2. The lowest BCUT2D eigenvalue weighted by Crippen LogP contribution is -2.20. The molecule has 16 heavy (non-hydrogen) atoms. The summed E-state index contributed by atoms with van der Waals surface area (Å²) < 4.78 is 0. The molecule has 0 aliphatic carbocycles. The largest absolute Gasteiger partial charge is 0.370 e. The van der Waals surface area contributed by atoms with Crippen LogP contribution < -0.4 is 11.5 Å². The van der Waals surface area contributed by atoms with Gasteiger partial charge in [0, 0.05) is 34.6 Å². The number of carbonyl (C=O) groups is 1. The van der Waals surface area contributed by atoms with E-state index in [1.807, 2.05) is 12.1 Å². The van der Waals surface area contributed by atoms with Crippen molar-refractivity contribution < 1.29 is 4.79 Å². The number of aromatic nitrogens is 1. The van der Waals surface area contributed by atoms with Crippen molar-refractivity contribution in [3.8, 4) is 0 Å². The number of aromatic amines is 1. The van der Waals surface area contributed by atoms with Crippen LogP contribution in [-0.4, -0.2) is 10.9 Å². The number of hydrogen-bond donors (Lipinski definition) is 3. The number of fused-ring (bicyclic) bond motifs is 1. The average molecular weight is 238 g/mol. The van der Waals surface area contributed by atoms with Crippen molar-refractivity contribution in [1.29, 1.82) is 0 Å². The average Bonchev–Trinajstić information content (AvgIpc) is 2.59. The van der Waals surface area contributed by atoms with E-state index < -0.39 is 11.9 Å². The molecule has 0 aliphatic rings. The van der Waals surface area contributed by atoms with E-state index in [-0.39, 0.29) is 6.42 Å². The van der Waals surface area contributed by atoms with Crippen molar-refractivity contribution in [3.05, 3.63) is 35.0 Å². The van der Waals surface area contributed by atoms with Crippen LogP contribution in [0.5, 0.6) is 0 Å². The van der Waals surface area contributed by atoms with E-state index in [1.54, 1.807) is 12.3 Å². The van der Waals surface area contributed by atoms with Gasteiger partial charge in [0.05, 0.1) is 0 Å². The molecule has 2 rings (SSSR count). The van der Waals surface area contributed by atoms with Crippen LogP contribution in [-0.2, 0) is 4.79 Å². The molecule has 1 unspecified atom stereocenters. The molecular formula is C11H12ClN3O. The first-order valence-electron chi connectivity index (χ1n) is 4.88. The first kappa shape index (κ1) is 11.0. The van der Waals surface area contributed by atoms with E-state index in [9.17, 15) is 4.79 Å². The van der Waals surface area contributed by atoms with Crippen LogP contribution in [0.25, 0.3) is 10.9 Å². The second-order valence-electron chi connectivity index (χ2n) is 3.71. The molecule has 1 amide bonds. The van der Waals surface area contributed by atoms with Gasteiger partial charge in [-0.15, -0.1) is 0 Å². The van der Waals surface area contributed by atoms with Crippen molar-refractivity contribution in [3.63, 3.8) is 0 Å². The van der Waals surface area contributed by atoms with Gasteiger partial charge >= 0.3 is 0 Å². The van der Waals surface area contributed by atoms with Crippen molar-refractivity contribution in [1.82, 2.24) is 4.98 Å². The lowest BCUT2D eigenvalue weighted by molar-refractivity contribution is -0.118. The van der Waals surface area contributed by atoms with E-state index in [2.05, 4.69) is 4.98 Å². The molecule has 1 heterocycles. The van der Waals surface area contributed by atoms with Gasteiger partial charge in [-0.25, -0.2) is 0 Å². The van der Waals surface area contributed by atoms with E-state index >= 15 is 0 Å². The number of amides is 1. The van der Waals surface area contributed by atoms with Gasteiger partial charge in [0.15, 0.2) is 0 Å². The second-order valence-corrected chi connectivity index (χ2v) is 4.15. The lowest BCUT2D eigenvalue weighted by Gasteiger charge is -2.07. The number of H-pyrrole nitrogens is 1. The molecule has 0 aliphatic heterocycles. The van der Waals surface area contributed by atoms with Crippen LogP contribution in [0, 0.1) is 0 Å². The van der Waals surface area contributed by atoms with E-state index in [0.717, 1.165) is 16.5 Å². The predicted molar refractivity (Wildman–Crippen MR) is 64.0 cm³/mol. The molecule has 4 nitrogen and oxygen atoms in total. The molecule has 2 aromatic rings. The summed E-state index contributed by atoms with van der Waals surface area (Å²) in [5, 5.41) is 1.57. The summed E-state index contributed by atoms with van der Waals surface area (Å²) in [5.41, 5.74) is 12.8. The maximum absolute atomic E-state index is 10.8. The first-order valence-corrected chi connectivity index (χ1v) is 5.26. The monoisotopic (exact) mass is 237 g/mol. The Morgan fingerprint density at radius 3 is 2.94 bits per heavy atom. The Morgan fingerprint density at radius 1 is 1.50 bits per heavy atom. The van der Waals surface area contributed by atoms with Crippen LogP contribution in [0.1, 0.15) is 18.0 Å². The molecule has 0 saturated carbocycles. The van der Waals surface area contributed by atoms with Gasteiger partial charge in [-0.2, -0.15) is 0 Å². The van der Waals surface area contributed by atoms with Gasteiger partial charge in [0.2, 0.25) is 5.91 Å². The van der Waals surface area contributed by atoms with Gasteiger partial charge in [0.25, 0.3) is 0 Å². The van der Waals surface area contributed by atoms with Gasteiger partial charge in [-0.05, 0) is 23.8 Å². The Bertz CT molecular complexity index is 535. The zero-order chi connectivity index (χ0) is 11.7. The molecule has 0 spiro atoms. The Balaban J connectivity index is 2.44. The summed E-state index contributed by atoms with van der Waals surface area (Å²) in [6.45, 7) is 0. The highest BCUT2D eigenvalue weighted by Gasteiger charge is 2.14. The summed E-state index contributed by atoms with van der Waals surface area (Å²) in [6, 6.07) is 5.09. The van der Waals surface area contributed by atoms with Crippen molar-refractivity contribution >= 4 is 28.4 Å². The van der Waals surface area contributed by atoms with Gasteiger partial charge < -0.3 is 16.5 Å². The van der Waals surface area contributed by atoms with Crippen LogP contribution in [0.15, 0.2) is 24.4 Å². The van der Waals surface area contributed by atoms with Gasteiger partial charge in [0.1, 0.15) is 0 Å². The summed E-state index contributed by atoms with van der Waals surface area (Å²) in [5.74, 6) is -0.413. The van der Waals surface area contributed by atoms with E-state index in [0.29, 0.717) is 5.02 Å². The van der Waals surface area contributed by atoms with Crippen LogP contribution in [0.3, 0.4) is 0 Å². The van der Waals surface area contributed by atoms with Crippen molar-refractivity contribution in [2.24, 2.45) is 11.5 Å². The summed E-state index contributed by atoms with van der Waals surface area (Å²) in [4.78, 5) is 13.9. The number of benzene rings is 1. The Hall–Kier alpha value is -1.52. The number of carbonyl (C=O) groups excluding carboxylic acids is 1. The number of nitrogens with two attached hydrogens (primary N) is 2. The Kier molecular flexibility index (Phi) is 2.85.